The molecule has 0 saturated heterocycles. The van der Waals surface area contributed by atoms with Gasteiger partial charge < -0.3 is 73.9 Å². The number of Topliss-reactive ketones (excluding diaryl/α,β-unsaturated/α-hetero) is 5. The zero-order chi connectivity index (χ0) is 64.8. The molecular weight excluding hydrogens is 1160 g/mol. The molecule has 3 aromatic heterocycles. The Morgan fingerprint density at radius 3 is 1.44 bits per heavy atom. The maximum atomic E-state index is 14.7. The number of H-pyrrole nitrogens is 3. The number of rotatable bonds is 30. The van der Waals surface area contributed by atoms with E-state index in [1.165, 1.54) is 0 Å². The molecule has 16 N–H and O–H groups in total. The van der Waals surface area contributed by atoms with E-state index in [9.17, 15) is 52.7 Å². The third-order valence-electron chi connectivity index (χ3n) is 16.1. The largest absolute Gasteiger partial charge is 0.467 e. The Morgan fingerprint density at radius 2 is 0.967 bits per heavy atom. The molecule has 4 aromatic carbocycles. The van der Waals surface area contributed by atoms with Crippen molar-refractivity contribution in [2.24, 2.45) is 34.8 Å². The molecule has 0 bridgehead atoms. The first kappa shape index (κ1) is 66.3. The zero-order valence-electron chi connectivity index (χ0n) is 50.1. The Bertz CT molecular complexity index is 3780. The van der Waals surface area contributed by atoms with Crippen molar-refractivity contribution in [3.05, 3.63) is 144 Å². The van der Waals surface area contributed by atoms with Crippen molar-refractivity contribution in [1.82, 2.24) is 41.5 Å². The van der Waals surface area contributed by atoms with Gasteiger partial charge in [-0.1, -0.05) is 105 Å². The predicted molar refractivity (Wildman–Crippen MR) is 332 cm³/mol. The van der Waals surface area contributed by atoms with Crippen LogP contribution in [0.5, 0.6) is 0 Å². The minimum Gasteiger partial charge on any atom is -0.467 e. The van der Waals surface area contributed by atoms with Crippen LogP contribution in [0.4, 0.5) is 4.79 Å². The maximum Gasteiger partial charge on any atom is 0.408 e. The van der Waals surface area contributed by atoms with Crippen molar-refractivity contribution in [2.45, 2.75) is 133 Å². The lowest BCUT2D eigenvalue weighted by atomic mass is 9.81. The third-order valence-corrected chi connectivity index (χ3v) is 16.1. The zero-order valence-corrected chi connectivity index (χ0v) is 50.1. The van der Waals surface area contributed by atoms with Gasteiger partial charge in [-0.3, -0.25) is 43.2 Å². The van der Waals surface area contributed by atoms with E-state index in [-0.39, 0.29) is 57.5 Å². The van der Waals surface area contributed by atoms with Crippen LogP contribution in [-0.4, -0.2) is 141 Å². The standard InChI is InChI=1S/C65H76N12O13/c1-34(2)26-43(66)60(83)55(64(87)89-3)76-62(85)52(57(80)44(67)27-37-30-70-47-20-10-7-17-40(37)47)74-51(78)25-24-36-16-13-23-50(56(36)79)73-61(84)53(58(81)45(68)28-38-31-71-48-21-11-8-18-41(38)48)75-63(86)54(77-65(88)90-33-35-14-5-4-6-15-35)59(82)46(69)29-39-32-72-49-22-12-9-19-42(39)49/h4-12,14-15,17-22,30-32,34,36,43-46,50,52-55,70-72H,13,16,23-29,33,66-69H2,1-3H3,(H,73,84)(H,74,78)(H,75,86)(H,76,85)(H,77,88)/t36-,43+,44+,45+,46+,50-,52+,53+,54+,55+/m1/s1. The molecule has 25 nitrogen and oxygen atoms in total. The highest BCUT2D eigenvalue weighted by molar-refractivity contribution is 6.16. The van der Waals surface area contributed by atoms with Crippen LogP contribution in [0, 0.1) is 11.8 Å². The number of hydrogen-bond acceptors (Lipinski definition) is 17. The molecule has 90 heavy (non-hydrogen) atoms. The smallest absolute Gasteiger partial charge is 0.408 e. The highest BCUT2D eigenvalue weighted by Gasteiger charge is 2.43. The Labute approximate surface area is 517 Å². The van der Waals surface area contributed by atoms with Gasteiger partial charge in [0.1, 0.15) is 6.61 Å². The summed E-state index contributed by atoms with van der Waals surface area (Å²) in [4.78, 5) is 165. The average molecular weight is 1230 g/mol. The number of fused-ring (bicyclic) bond motifs is 3. The van der Waals surface area contributed by atoms with Crippen LogP contribution in [0.15, 0.2) is 122 Å². The molecule has 474 valence electrons. The number of ether oxygens (including phenoxy) is 2. The fourth-order valence-corrected chi connectivity index (χ4v) is 11.3. The second-order valence-electron chi connectivity index (χ2n) is 23.0. The maximum absolute atomic E-state index is 14.7. The van der Waals surface area contributed by atoms with E-state index < -0.39 is 131 Å². The fourth-order valence-electron chi connectivity index (χ4n) is 11.3. The summed E-state index contributed by atoms with van der Waals surface area (Å²) in [5.74, 6) is -11.4. The van der Waals surface area contributed by atoms with Gasteiger partial charge in [-0.25, -0.2) is 9.59 Å². The molecule has 8 rings (SSSR count). The third kappa shape index (κ3) is 16.5. The van der Waals surface area contributed by atoms with Crippen molar-refractivity contribution in [3.8, 4) is 0 Å². The van der Waals surface area contributed by atoms with Gasteiger partial charge in [0.05, 0.1) is 37.3 Å². The van der Waals surface area contributed by atoms with Crippen molar-refractivity contribution >= 4 is 97.3 Å². The molecule has 5 amide bonds. The topological polar surface area (TPSA) is 418 Å². The molecule has 3 heterocycles. The average Bonchev–Trinajstić information content (AvgIpc) is 1.90. The number of para-hydroxylation sites is 3. The van der Waals surface area contributed by atoms with E-state index in [1.807, 2.05) is 30.3 Å². The van der Waals surface area contributed by atoms with Crippen molar-refractivity contribution in [2.75, 3.05) is 7.11 Å². The quantitative estimate of drug-likeness (QED) is 0.0227. The predicted octanol–water partition coefficient (Wildman–Crippen LogP) is 2.35. The van der Waals surface area contributed by atoms with Crippen LogP contribution in [0.25, 0.3) is 32.7 Å². The van der Waals surface area contributed by atoms with Gasteiger partial charge in [-0.2, -0.15) is 0 Å². The molecule has 10 atom stereocenters. The van der Waals surface area contributed by atoms with Crippen LogP contribution < -0.4 is 49.5 Å². The number of nitrogens with one attached hydrogen (secondary N) is 8. The first-order valence-electron chi connectivity index (χ1n) is 29.7. The van der Waals surface area contributed by atoms with Crippen molar-refractivity contribution < 1.29 is 62.2 Å². The minimum atomic E-state index is -2.18. The molecule has 1 fully saturated rings. The Hall–Kier alpha value is -9.69. The normalized spacial score (nSPS) is 16.8. The molecule has 0 radical (unpaired) electrons. The number of aromatic nitrogens is 3. The fraction of sp³-hybridized carbons (Fsp3) is 0.369. The van der Waals surface area contributed by atoms with Gasteiger partial charge in [0, 0.05) is 63.6 Å². The van der Waals surface area contributed by atoms with Gasteiger partial charge >= 0.3 is 12.1 Å². The number of amides is 5. The Balaban J connectivity index is 0.999. The number of methoxy groups -OCH3 is 1. The Kier molecular flexibility index (Phi) is 22.4. The summed E-state index contributed by atoms with van der Waals surface area (Å²) in [5.41, 5.74) is 30.4. The highest BCUT2D eigenvalue weighted by Crippen LogP contribution is 2.27. The van der Waals surface area contributed by atoms with Crippen LogP contribution in [0.3, 0.4) is 0 Å². The molecular formula is C65H76N12O13. The molecule has 1 saturated carbocycles. The van der Waals surface area contributed by atoms with Crippen LogP contribution in [0.1, 0.15) is 74.6 Å². The van der Waals surface area contributed by atoms with Crippen LogP contribution >= 0.6 is 0 Å². The van der Waals surface area contributed by atoms with Gasteiger partial charge in [0.15, 0.2) is 53.1 Å². The SMILES string of the molecule is COC(=O)[C@@H](NC(=O)[C@@H](NC(=O)CC[C@H]1CCC[C@@H](NC(=O)[C@@H](NC(=O)[C@@H](NC(=O)OCc2ccccc2)C(=O)[C@@H](N)Cc2c[nH]c3ccccc23)C(=O)[C@@H](N)Cc2c[nH]c3ccccc23)C1=O)C(=O)[C@@H](N)Cc1c[nH]c2ccccc12)C(=O)[C@@H](N)CC(C)C. The second kappa shape index (κ2) is 30.5. The van der Waals surface area contributed by atoms with Crippen LogP contribution in [0.2, 0.25) is 0 Å². The van der Waals surface area contributed by atoms with Gasteiger partial charge in [-0.05, 0) is 91.3 Å². The molecule has 1 aliphatic carbocycles. The number of benzene rings is 4. The molecule has 1 aliphatic rings. The second-order valence-corrected chi connectivity index (χ2v) is 23.0. The number of esters is 1. The highest BCUT2D eigenvalue weighted by atomic mass is 16.5. The van der Waals surface area contributed by atoms with E-state index in [0.29, 0.717) is 28.7 Å². The van der Waals surface area contributed by atoms with Gasteiger partial charge in [-0.15, -0.1) is 0 Å². The number of hydrogen-bond donors (Lipinski definition) is 12. The van der Waals surface area contributed by atoms with E-state index in [1.54, 1.807) is 105 Å². The summed E-state index contributed by atoms with van der Waals surface area (Å²) in [6, 6.07) is 15.0. The summed E-state index contributed by atoms with van der Waals surface area (Å²) < 4.78 is 10.2. The number of ketones is 5. The number of aromatic amines is 3. The van der Waals surface area contributed by atoms with E-state index in [2.05, 4.69) is 41.5 Å². The lowest BCUT2D eigenvalue weighted by Gasteiger charge is -2.30. The lowest BCUT2D eigenvalue weighted by Crippen LogP contribution is -2.63. The lowest BCUT2D eigenvalue weighted by molar-refractivity contribution is -0.150. The molecule has 25 heteroatoms. The minimum absolute atomic E-state index is 0.0497. The van der Waals surface area contributed by atoms with Crippen LogP contribution in [-0.2, 0) is 83.3 Å². The number of carbonyl (C=O) groups excluding carboxylic acids is 11. The summed E-state index contributed by atoms with van der Waals surface area (Å²) >= 11 is 0. The van der Waals surface area contributed by atoms with Gasteiger partial charge in [0.25, 0.3) is 17.7 Å². The summed E-state index contributed by atoms with van der Waals surface area (Å²) in [6.45, 7) is 3.33. The molecule has 7 aromatic rings. The first-order chi connectivity index (χ1) is 43.1. The van der Waals surface area contributed by atoms with E-state index >= 15 is 0 Å². The summed E-state index contributed by atoms with van der Waals surface area (Å²) in [6.07, 6.45) is 3.45. The molecule has 0 aliphatic heterocycles. The monoisotopic (exact) mass is 1230 g/mol. The molecule has 0 spiro atoms. The van der Waals surface area contributed by atoms with E-state index in [0.717, 1.165) is 39.8 Å². The first-order valence-corrected chi connectivity index (χ1v) is 29.7. The number of alkyl carbamates (subject to hydrolysis) is 1. The summed E-state index contributed by atoms with van der Waals surface area (Å²) in [5, 5.41) is 14.1. The number of nitrogens with two attached hydrogens (primary N) is 4. The summed E-state index contributed by atoms with van der Waals surface area (Å²) in [7, 11) is 0.991. The Morgan fingerprint density at radius 1 is 0.533 bits per heavy atom. The van der Waals surface area contributed by atoms with E-state index in [4.69, 9.17) is 32.4 Å². The van der Waals surface area contributed by atoms with Crippen molar-refractivity contribution in [1.29, 1.82) is 0 Å². The molecule has 0 unspecified atom stereocenters. The number of carbonyl (C=O) groups is 11. The van der Waals surface area contributed by atoms with Gasteiger partial charge in [0.2, 0.25) is 5.91 Å². The van der Waals surface area contributed by atoms with Crippen molar-refractivity contribution in [3.63, 3.8) is 0 Å².